The molecule has 0 atom stereocenters. The lowest BCUT2D eigenvalue weighted by Gasteiger charge is -2.03. The molecule has 0 saturated carbocycles. The molecule has 0 aliphatic rings. The number of hydrogen-bond donors (Lipinski definition) is 2. The third-order valence-electron chi connectivity index (χ3n) is 2.34. The first-order valence-electron chi connectivity index (χ1n) is 5.33. The molecule has 1 aromatic carbocycles. The second-order valence-electron chi connectivity index (χ2n) is 3.67. The zero-order chi connectivity index (χ0) is 15.6. The van der Waals surface area contributed by atoms with Crippen molar-refractivity contribution >= 4 is 17.5 Å². The molecule has 21 heavy (non-hydrogen) atoms. The third kappa shape index (κ3) is 2.91. The maximum absolute atomic E-state index is 13.8. The fourth-order valence-corrected chi connectivity index (χ4v) is 1.44. The number of benzene rings is 1. The van der Waals surface area contributed by atoms with Crippen LogP contribution in [0.2, 0.25) is 0 Å². The van der Waals surface area contributed by atoms with Crippen molar-refractivity contribution in [2.24, 2.45) is 0 Å². The Morgan fingerprint density at radius 2 is 2.19 bits per heavy atom. The molecular formula is C10H7F2N5O4. The Labute approximate surface area is 115 Å². The van der Waals surface area contributed by atoms with Gasteiger partial charge in [0.1, 0.15) is 5.82 Å². The smallest absolute Gasteiger partial charge is 0.336 e. The van der Waals surface area contributed by atoms with Crippen molar-refractivity contribution in [3.05, 3.63) is 39.4 Å². The molecule has 11 heteroatoms. The molecule has 2 rings (SSSR count). The van der Waals surface area contributed by atoms with Gasteiger partial charge in [-0.1, -0.05) is 0 Å². The van der Waals surface area contributed by atoms with Gasteiger partial charge in [0, 0.05) is 0 Å². The van der Waals surface area contributed by atoms with E-state index in [0.29, 0.717) is 12.1 Å². The van der Waals surface area contributed by atoms with Crippen LogP contribution in [0.25, 0.3) is 0 Å². The third-order valence-corrected chi connectivity index (χ3v) is 2.34. The zero-order valence-corrected chi connectivity index (χ0v) is 10.4. The summed E-state index contributed by atoms with van der Waals surface area (Å²) in [6.45, 7) is 0. The molecule has 0 spiro atoms. The van der Waals surface area contributed by atoms with Gasteiger partial charge in [-0.25, -0.2) is 9.49 Å². The standard InChI is InChI=1S/C10H7F2N5O4/c1-21-10-14-9(15-16-10)13-8(18)5-2-4(11)3-6(7(5)12)17(19)20/h2-3H,1H3,(H2,13,14,15,16,18). The quantitative estimate of drug-likeness (QED) is 0.647. The number of nitrogens with one attached hydrogen (secondary N) is 2. The fourth-order valence-electron chi connectivity index (χ4n) is 1.44. The van der Waals surface area contributed by atoms with Crippen molar-refractivity contribution in [1.82, 2.24) is 15.2 Å². The number of amides is 1. The van der Waals surface area contributed by atoms with E-state index in [9.17, 15) is 23.7 Å². The minimum absolute atomic E-state index is 0.0870. The summed E-state index contributed by atoms with van der Waals surface area (Å²) in [6.07, 6.45) is 0. The number of halogens is 2. The monoisotopic (exact) mass is 299 g/mol. The number of ether oxygens (including phenoxy) is 1. The van der Waals surface area contributed by atoms with Gasteiger partial charge in [0.25, 0.3) is 5.91 Å². The molecule has 0 bridgehead atoms. The molecule has 1 aromatic heterocycles. The Morgan fingerprint density at radius 1 is 1.48 bits per heavy atom. The van der Waals surface area contributed by atoms with E-state index in [-0.39, 0.29) is 12.0 Å². The summed E-state index contributed by atoms with van der Waals surface area (Å²) in [7, 11) is 1.28. The van der Waals surface area contributed by atoms with Crippen LogP contribution >= 0.6 is 0 Å². The number of aromatic amines is 1. The Hall–Kier alpha value is -3.11. The minimum atomic E-state index is -1.45. The molecule has 9 nitrogen and oxygen atoms in total. The van der Waals surface area contributed by atoms with Crippen LogP contribution in [0.15, 0.2) is 12.1 Å². The predicted octanol–water partition coefficient (Wildman–Crippen LogP) is 1.25. The largest absolute Gasteiger partial charge is 0.466 e. The summed E-state index contributed by atoms with van der Waals surface area (Å²) in [5.41, 5.74) is -1.98. The van der Waals surface area contributed by atoms with Crippen molar-refractivity contribution < 1.29 is 23.2 Å². The van der Waals surface area contributed by atoms with Gasteiger partial charge in [0.2, 0.25) is 11.8 Å². The van der Waals surface area contributed by atoms with Crippen LogP contribution < -0.4 is 10.1 Å². The van der Waals surface area contributed by atoms with E-state index in [1.807, 2.05) is 0 Å². The molecule has 0 aliphatic heterocycles. The molecule has 0 saturated heterocycles. The number of nitro benzene ring substituents is 1. The van der Waals surface area contributed by atoms with Gasteiger partial charge in [-0.15, -0.1) is 5.10 Å². The number of carbonyl (C=O) groups is 1. The van der Waals surface area contributed by atoms with Crippen LogP contribution in [0.1, 0.15) is 10.4 Å². The van der Waals surface area contributed by atoms with Crippen LogP contribution in [0.3, 0.4) is 0 Å². The summed E-state index contributed by atoms with van der Waals surface area (Å²) in [4.78, 5) is 24.9. The lowest BCUT2D eigenvalue weighted by Crippen LogP contribution is -2.16. The molecule has 0 radical (unpaired) electrons. The number of rotatable bonds is 4. The van der Waals surface area contributed by atoms with E-state index in [4.69, 9.17) is 0 Å². The molecule has 0 aliphatic carbocycles. The number of nitro groups is 1. The normalized spacial score (nSPS) is 10.2. The van der Waals surface area contributed by atoms with E-state index in [0.717, 1.165) is 0 Å². The number of nitrogens with zero attached hydrogens (tertiary/aromatic N) is 3. The van der Waals surface area contributed by atoms with Gasteiger partial charge in [0.05, 0.1) is 23.7 Å². The SMILES string of the molecule is COc1n[nH]c(NC(=O)c2cc(F)cc([N+](=O)[O-])c2F)n1. The van der Waals surface area contributed by atoms with Crippen molar-refractivity contribution in [1.29, 1.82) is 0 Å². The Balaban J connectivity index is 2.32. The summed E-state index contributed by atoms with van der Waals surface area (Å²) in [5.74, 6) is -3.90. The summed E-state index contributed by atoms with van der Waals surface area (Å²) < 4.78 is 31.7. The number of carbonyl (C=O) groups excluding carboxylic acids is 1. The lowest BCUT2D eigenvalue weighted by atomic mass is 10.1. The van der Waals surface area contributed by atoms with Crippen LogP contribution in [0.4, 0.5) is 20.4 Å². The van der Waals surface area contributed by atoms with E-state index >= 15 is 0 Å². The fraction of sp³-hybridized carbons (Fsp3) is 0.100. The maximum Gasteiger partial charge on any atom is 0.336 e. The second-order valence-corrected chi connectivity index (χ2v) is 3.67. The first kappa shape index (κ1) is 14.3. The molecule has 0 fully saturated rings. The van der Waals surface area contributed by atoms with Gasteiger partial charge in [-0.2, -0.15) is 9.37 Å². The van der Waals surface area contributed by atoms with Crippen LogP contribution in [-0.4, -0.2) is 33.1 Å². The highest BCUT2D eigenvalue weighted by molar-refractivity contribution is 6.04. The van der Waals surface area contributed by atoms with Crippen LogP contribution in [-0.2, 0) is 0 Å². The van der Waals surface area contributed by atoms with E-state index in [1.165, 1.54) is 7.11 Å². The summed E-state index contributed by atoms with van der Waals surface area (Å²) in [5, 5.41) is 18.4. The topological polar surface area (TPSA) is 123 Å². The van der Waals surface area contributed by atoms with Gasteiger partial charge in [-0.3, -0.25) is 20.2 Å². The van der Waals surface area contributed by atoms with Gasteiger partial charge in [-0.05, 0) is 6.07 Å². The van der Waals surface area contributed by atoms with Crippen molar-refractivity contribution in [2.75, 3.05) is 12.4 Å². The highest BCUT2D eigenvalue weighted by Crippen LogP contribution is 2.23. The first-order chi connectivity index (χ1) is 9.92. The van der Waals surface area contributed by atoms with Crippen LogP contribution in [0, 0.1) is 21.7 Å². The molecule has 2 N–H and O–H groups in total. The average Bonchev–Trinajstić information content (AvgIpc) is 2.88. The lowest BCUT2D eigenvalue weighted by molar-refractivity contribution is -0.387. The predicted molar refractivity (Wildman–Crippen MR) is 63.9 cm³/mol. The first-order valence-corrected chi connectivity index (χ1v) is 5.33. The number of hydrogen-bond acceptors (Lipinski definition) is 6. The van der Waals surface area contributed by atoms with E-state index in [1.54, 1.807) is 0 Å². The van der Waals surface area contributed by atoms with Gasteiger partial charge in [0.15, 0.2) is 0 Å². The number of aromatic nitrogens is 3. The van der Waals surface area contributed by atoms with Gasteiger partial charge >= 0.3 is 11.7 Å². The molecule has 110 valence electrons. The maximum atomic E-state index is 13.8. The Morgan fingerprint density at radius 3 is 2.76 bits per heavy atom. The van der Waals surface area contributed by atoms with E-state index < -0.39 is 33.7 Å². The van der Waals surface area contributed by atoms with Crippen molar-refractivity contribution in [2.45, 2.75) is 0 Å². The highest BCUT2D eigenvalue weighted by atomic mass is 19.1. The average molecular weight is 299 g/mol. The Kier molecular flexibility index (Phi) is 3.73. The Bertz CT molecular complexity index is 717. The second kappa shape index (κ2) is 5.48. The summed E-state index contributed by atoms with van der Waals surface area (Å²) in [6, 6.07) is 0.825. The molecular weight excluding hydrogens is 292 g/mol. The van der Waals surface area contributed by atoms with Crippen molar-refractivity contribution in [3.63, 3.8) is 0 Å². The minimum Gasteiger partial charge on any atom is -0.466 e. The number of methoxy groups -OCH3 is 1. The van der Waals surface area contributed by atoms with E-state index in [2.05, 4.69) is 25.2 Å². The number of anilines is 1. The zero-order valence-electron chi connectivity index (χ0n) is 10.4. The molecule has 1 amide bonds. The number of H-pyrrole nitrogens is 1. The molecule has 1 heterocycles. The molecule has 0 unspecified atom stereocenters. The van der Waals surface area contributed by atoms with Gasteiger partial charge < -0.3 is 4.74 Å². The van der Waals surface area contributed by atoms with Crippen molar-refractivity contribution in [3.8, 4) is 6.01 Å². The van der Waals surface area contributed by atoms with Crippen LogP contribution in [0.5, 0.6) is 6.01 Å². The molecule has 2 aromatic rings. The summed E-state index contributed by atoms with van der Waals surface area (Å²) >= 11 is 0. The highest BCUT2D eigenvalue weighted by Gasteiger charge is 2.24.